The fraction of sp³-hybridized carbons (Fsp3) is 0.455. The number of nitrogens with zero attached hydrogens (tertiary/aromatic N) is 1. The highest BCUT2D eigenvalue weighted by Crippen LogP contribution is 2.37. The zero-order valence-electron chi connectivity index (χ0n) is 9.01. The van der Waals surface area contributed by atoms with Crippen LogP contribution in [0.5, 0.6) is 5.75 Å². The minimum atomic E-state index is -0.540. The molecule has 1 fully saturated rings. The Labute approximate surface area is 107 Å². The van der Waals surface area contributed by atoms with E-state index in [2.05, 4.69) is 15.9 Å². The molecule has 17 heavy (non-hydrogen) atoms. The lowest BCUT2D eigenvalue weighted by Gasteiger charge is -2.17. The predicted molar refractivity (Wildman–Crippen MR) is 65.1 cm³/mol. The molecule has 0 saturated heterocycles. The maximum Gasteiger partial charge on any atom is 0.312 e. The van der Waals surface area contributed by atoms with E-state index in [9.17, 15) is 15.2 Å². The van der Waals surface area contributed by atoms with Gasteiger partial charge in [-0.2, -0.15) is 0 Å². The van der Waals surface area contributed by atoms with Crippen molar-refractivity contribution in [2.24, 2.45) is 0 Å². The summed E-state index contributed by atoms with van der Waals surface area (Å²) in [7, 11) is 0. The summed E-state index contributed by atoms with van der Waals surface area (Å²) >= 11 is 3.23. The Hall–Kier alpha value is -1.14. The molecular weight excluding hydrogens is 290 g/mol. The number of aliphatic hydroxyl groups excluding tert-OH is 1. The third-order valence-electron chi connectivity index (χ3n) is 2.83. The van der Waals surface area contributed by atoms with Crippen LogP contribution < -0.4 is 4.74 Å². The molecule has 0 radical (unpaired) electrons. The van der Waals surface area contributed by atoms with Gasteiger partial charge in [-0.1, -0.05) is 6.07 Å². The summed E-state index contributed by atoms with van der Waals surface area (Å²) in [5, 5.41) is 20.5. The molecule has 0 amide bonds. The number of para-hydroxylation sites is 1. The van der Waals surface area contributed by atoms with Gasteiger partial charge in [-0.3, -0.25) is 10.1 Å². The normalized spacial score (nSPS) is 23.6. The molecule has 0 aromatic heterocycles. The first-order valence-electron chi connectivity index (χ1n) is 5.37. The lowest BCUT2D eigenvalue weighted by Crippen LogP contribution is -2.26. The molecule has 0 heterocycles. The molecule has 1 aliphatic carbocycles. The number of benzene rings is 1. The van der Waals surface area contributed by atoms with E-state index >= 15 is 0 Å². The SMILES string of the molecule is O=[N+]([O-])c1cccc(Br)c1O[C@@H]1CCC[C@H]1O. The van der Waals surface area contributed by atoms with Gasteiger partial charge in [0.05, 0.1) is 15.5 Å². The van der Waals surface area contributed by atoms with Gasteiger partial charge < -0.3 is 9.84 Å². The summed E-state index contributed by atoms with van der Waals surface area (Å²) in [5.74, 6) is 0.198. The van der Waals surface area contributed by atoms with Crippen LogP contribution in [-0.2, 0) is 0 Å². The van der Waals surface area contributed by atoms with Gasteiger partial charge in [0.25, 0.3) is 0 Å². The number of halogens is 1. The molecule has 0 bridgehead atoms. The number of hydrogen-bond donors (Lipinski definition) is 1. The molecule has 1 aliphatic rings. The zero-order chi connectivity index (χ0) is 12.4. The van der Waals surface area contributed by atoms with Crippen molar-refractivity contribution in [3.63, 3.8) is 0 Å². The molecule has 0 spiro atoms. The van der Waals surface area contributed by atoms with Gasteiger partial charge in [-0.25, -0.2) is 0 Å². The number of nitro groups is 1. The molecule has 1 saturated carbocycles. The van der Waals surface area contributed by atoms with Crippen LogP contribution >= 0.6 is 15.9 Å². The molecule has 2 atom stereocenters. The Kier molecular flexibility index (Phi) is 3.63. The highest BCUT2D eigenvalue weighted by Gasteiger charge is 2.30. The Bertz CT molecular complexity index is 437. The molecule has 92 valence electrons. The summed E-state index contributed by atoms with van der Waals surface area (Å²) in [6.45, 7) is 0. The second kappa shape index (κ2) is 5.01. The van der Waals surface area contributed by atoms with E-state index in [1.807, 2.05) is 0 Å². The Morgan fingerprint density at radius 3 is 2.82 bits per heavy atom. The minimum Gasteiger partial charge on any atom is -0.480 e. The lowest BCUT2D eigenvalue weighted by molar-refractivity contribution is -0.386. The first-order chi connectivity index (χ1) is 8.09. The van der Waals surface area contributed by atoms with Gasteiger partial charge in [0.2, 0.25) is 5.75 Å². The fourth-order valence-corrected chi connectivity index (χ4v) is 2.40. The van der Waals surface area contributed by atoms with Crippen molar-refractivity contribution in [2.75, 3.05) is 0 Å². The Morgan fingerprint density at radius 1 is 1.47 bits per heavy atom. The monoisotopic (exact) mass is 301 g/mol. The quantitative estimate of drug-likeness (QED) is 0.688. The molecule has 1 aromatic carbocycles. The maximum absolute atomic E-state index is 10.9. The molecule has 0 unspecified atom stereocenters. The van der Waals surface area contributed by atoms with Crippen molar-refractivity contribution in [3.8, 4) is 5.75 Å². The number of aliphatic hydroxyl groups is 1. The van der Waals surface area contributed by atoms with Crippen LogP contribution in [0.3, 0.4) is 0 Å². The molecule has 1 aromatic rings. The lowest BCUT2D eigenvalue weighted by atomic mass is 10.2. The van der Waals surface area contributed by atoms with E-state index in [1.165, 1.54) is 6.07 Å². The summed E-state index contributed by atoms with van der Waals surface area (Å²) in [4.78, 5) is 10.4. The second-order valence-electron chi connectivity index (χ2n) is 4.00. The average Bonchev–Trinajstić information content (AvgIpc) is 2.67. The molecular formula is C11H12BrNO4. The highest BCUT2D eigenvalue weighted by molar-refractivity contribution is 9.10. The van der Waals surface area contributed by atoms with Gasteiger partial charge in [0.1, 0.15) is 6.10 Å². The topological polar surface area (TPSA) is 72.6 Å². The summed E-state index contributed by atoms with van der Waals surface area (Å²) in [5.41, 5.74) is -0.0847. The number of nitro benzene ring substituents is 1. The smallest absolute Gasteiger partial charge is 0.312 e. The summed E-state index contributed by atoms with van der Waals surface area (Å²) < 4.78 is 6.11. The van der Waals surface area contributed by atoms with Crippen LogP contribution in [0.2, 0.25) is 0 Å². The van der Waals surface area contributed by atoms with Crippen LogP contribution in [0, 0.1) is 10.1 Å². The van der Waals surface area contributed by atoms with E-state index in [0.29, 0.717) is 10.9 Å². The van der Waals surface area contributed by atoms with Crippen molar-refractivity contribution < 1.29 is 14.8 Å². The minimum absolute atomic E-state index is 0.0847. The van der Waals surface area contributed by atoms with E-state index < -0.39 is 11.0 Å². The Morgan fingerprint density at radius 2 is 2.24 bits per heavy atom. The molecule has 6 heteroatoms. The van der Waals surface area contributed by atoms with Crippen LogP contribution in [-0.4, -0.2) is 22.2 Å². The largest absolute Gasteiger partial charge is 0.480 e. The number of rotatable bonds is 3. The highest BCUT2D eigenvalue weighted by atomic mass is 79.9. The van der Waals surface area contributed by atoms with Crippen LogP contribution in [0.4, 0.5) is 5.69 Å². The third-order valence-corrected chi connectivity index (χ3v) is 3.45. The van der Waals surface area contributed by atoms with Gasteiger partial charge in [0.15, 0.2) is 0 Å². The molecule has 5 nitrogen and oxygen atoms in total. The first-order valence-corrected chi connectivity index (χ1v) is 6.16. The van der Waals surface area contributed by atoms with Crippen molar-refractivity contribution in [1.29, 1.82) is 0 Å². The van der Waals surface area contributed by atoms with E-state index in [1.54, 1.807) is 12.1 Å². The van der Waals surface area contributed by atoms with Crippen molar-refractivity contribution in [3.05, 3.63) is 32.8 Å². The van der Waals surface area contributed by atoms with Crippen LogP contribution in [0.25, 0.3) is 0 Å². The van der Waals surface area contributed by atoms with E-state index in [-0.39, 0.29) is 17.5 Å². The predicted octanol–water partition coefficient (Wildman–Crippen LogP) is 2.65. The molecule has 1 N–H and O–H groups in total. The van der Waals surface area contributed by atoms with E-state index in [4.69, 9.17) is 4.74 Å². The third kappa shape index (κ3) is 2.58. The average molecular weight is 302 g/mol. The summed E-state index contributed by atoms with van der Waals surface area (Å²) in [6.07, 6.45) is 1.39. The standard InChI is InChI=1S/C11H12BrNO4/c12-7-3-1-4-8(13(15)16)11(7)17-10-6-2-5-9(10)14/h1,3-4,9-10,14H,2,5-6H2/t9-,10-/m1/s1. The summed E-state index contributed by atoms with van der Waals surface area (Å²) in [6, 6.07) is 4.66. The van der Waals surface area contributed by atoms with Gasteiger partial charge >= 0.3 is 5.69 Å². The van der Waals surface area contributed by atoms with Crippen molar-refractivity contribution in [1.82, 2.24) is 0 Å². The van der Waals surface area contributed by atoms with Crippen LogP contribution in [0.15, 0.2) is 22.7 Å². The zero-order valence-corrected chi connectivity index (χ0v) is 10.6. The second-order valence-corrected chi connectivity index (χ2v) is 4.85. The molecule has 2 rings (SSSR count). The van der Waals surface area contributed by atoms with Crippen LogP contribution in [0.1, 0.15) is 19.3 Å². The van der Waals surface area contributed by atoms with Gasteiger partial charge in [0, 0.05) is 6.07 Å². The Balaban J connectivity index is 2.27. The number of hydrogen-bond acceptors (Lipinski definition) is 4. The van der Waals surface area contributed by atoms with Crippen molar-refractivity contribution >= 4 is 21.6 Å². The van der Waals surface area contributed by atoms with Gasteiger partial charge in [-0.05, 0) is 41.3 Å². The first kappa shape index (κ1) is 12.3. The number of ether oxygens (including phenoxy) is 1. The van der Waals surface area contributed by atoms with Crippen molar-refractivity contribution in [2.45, 2.75) is 31.5 Å². The maximum atomic E-state index is 10.9. The molecule has 0 aliphatic heterocycles. The fourth-order valence-electron chi connectivity index (χ4n) is 1.95. The van der Waals surface area contributed by atoms with Gasteiger partial charge in [-0.15, -0.1) is 0 Å². The van der Waals surface area contributed by atoms with E-state index in [0.717, 1.165) is 12.8 Å².